The quantitative estimate of drug-likeness (QED) is 0.775. The second-order valence-corrected chi connectivity index (χ2v) is 4.98. The number of rotatable bonds is 6. The largest absolute Gasteiger partial charge is 0.492 e. The summed E-state index contributed by atoms with van der Waals surface area (Å²) in [7, 11) is 0. The molecule has 4 heteroatoms. The Kier molecular flexibility index (Phi) is 5.33. The fourth-order valence-electron chi connectivity index (χ4n) is 2.51. The van der Waals surface area contributed by atoms with Crippen LogP contribution < -0.4 is 15.8 Å². The monoisotopic (exact) mass is 263 g/mol. The SMILES string of the molecule is CCOc1cccc(NCCN2CCCCC2)c1N. The number of ether oxygens (including phenoxy) is 1. The van der Waals surface area contributed by atoms with Gasteiger partial charge >= 0.3 is 0 Å². The van der Waals surface area contributed by atoms with Crippen molar-refractivity contribution in [3.63, 3.8) is 0 Å². The van der Waals surface area contributed by atoms with Crippen LogP contribution in [-0.2, 0) is 0 Å². The van der Waals surface area contributed by atoms with Gasteiger partial charge in [0, 0.05) is 13.1 Å². The van der Waals surface area contributed by atoms with Crippen molar-refractivity contribution in [2.75, 3.05) is 43.8 Å². The van der Waals surface area contributed by atoms with E-state index in [1.54, 1.807) is 0 Å². The average molecular weight is 263 g/mol. The van der Waals surface area contributed by atoms with Gasteiger partial charge in [0.1, 0.15) is 5.75 Å². The van der Waals surface area contributed by atoms with E-state index in [4.69, 9.17) is 10.5 Å². The lowest BCUT2D eigenvalue weighted by Crippen LogP contribution is -2.33. The number of hydrogen-bond donors (Lipinski definition) is 2. The molecule has 106 valence electrons. The molecule has 1 aliphatic rings. The third-order valence-corrected chi connectivity index (χ3v) is 3.56. The summed E-state index contributed by atoms with van der Waals surface area (Å²) in [6, 6.07) is 5.90. The van der Waals surface area contributed by atoms with Crippen LogP contribution in [0.4, 0.5) is 11.4 Å². The van der Waals surface area contributed by atoms with E-state index < -0.39 is 0 Å². The highest BCUT2D eigenvalue weighted by Crippen LogP contribution is 2.29. The van der Waals surface area contributed by atoms with Crippen molar-refractivity contribution in [3.05, 3.63) is 18.2 Å². The Morgan fingerprint density at radius 2 is 2.05 bits per heavy atom. The molecule has 0 saturated carbocycles. The maximum Gasteiger partial charge on any atom is 0.144 e. The summed E-state index contributed by atoms with van der Waals surface area (Å²) in [6.07, 6.45) is 4.05. The first-order valence-electron chi connectivity index (χ1n) is 7.28. The van der Waals surface area contributed by atoms with Gasteiger partial charge in [-0.2, -0.15) is 0 Å². The van der Waals surface area contributed by atoms with Crippen LogP contribution in [0.25, 0.3) is 0 Å². The molecular formula is C15H25N3O. The van der Waals surface area contributed by atoms with E-state index in [2.05, 4.69) is 10.2 Å². The zero-order valence-electron chi connectivity index (χ0n) is 11.8. The number of piperidine rings is 1. The van der Waals surface area contributed by atoms with Crippen LogP contribution in [0.5, 0.6) is 5.75 Å². The minimum absolute atomic E-state index is 0.640. The molecule has 1 aliphatic heterocycles. The first-order valence-corrected chi connectivity index (χ1v) is 7.28. The Labute approximate surface area is 115 Å². The van der Waals surface area contributed by atoms with Crippen molar-refractivity contribution < 1.29 is 4.74 Å². The Bertz CT molecular complexity index is 389. The molecule has 1 heterocycles. The smallest absolute Gasteiger partial charge is 0.144 e. The Hall–Kier alpha value is -1.42. The molecule has 3 N–H and O–H groups in total. The molecular weight excluding hydrogens is 238 g/mol. The molecule has 0 aromatic heterocycles. The number of nitrogens with zero attached hydrogens (tertiary/aromatic N) is 1. The molecule has 19 heavy (non-hydrogen) atoms. The van der Waals surface area contributed by atoms with E-state index in [9.17, 15) is 0 Å². The Morgan fingerprint density at radius 3 is 2.79 bits per heavy atom. The number of likely N-dealkylation sites (tertiary alicyclic amines) is 1. The second kappa shape index (κ2) is 7.24. The van der Waals surface area contributed by atoms with Gasteiger partial charge in [0.25, 0.3) is 0 Å². The van der Waals surface area contributed by atoms with Crippen LogP contribution in [0.2, 0.25) is 0 Å². The second-order valence-electron chi connectivity index (χ2n) is 4.98. The number of para-hydroxylation sites is 1. The highest BCUT2D eigenvalue weighted by Gasteiger charge is 2.10. The van der Waals surface area contributed by atoms with E-state index in [0.717, 1.165) is 24.5 Å². The zero-order chi connectivity index (χ0) is 13.5. The Balaban J connectivity index is 1.83. The van der Waals surface area contributed by atoms with Crippen molar-refractivity contribution in [3.8, 4) is 5.75 Å². The highest BCUT2D eigenvalue weighted by atomic mass is 16.5. The van der Waals surface area contributed by atoms with Crippen LogP contribution >= 0.6 is 0 Å². The summed E-state index contributed by atoms with van der Waals surface area (Å²) < 4.78 is 5.50. The summed E-state index contributed by atoms with van der Waals surface area (Å²) >= 11 is 0. The predicted octanol–water partition coefficient (Wildman–Crippen LogP) is 2.57. The minimum Gasteiger partial charge on any atom is -0.492 e. The maximum absolute atomic E-state index is 6.09. The van der Waals surface area contributed by atoms with Gasteiger partial charge in [-0.1, -0.05) is 12.5 Å². The molecule has 0 unspecified atom stereocenters. The normalized spacial score (nSPS) is 16.3. The van der Waals surface area contributed by atoms with E-state index >= 15 is 0 Å². The van der Waals surface area contributed by atoms with Crippen molar-refractivity contribution in [1.82, 2.24) is 4.90 Å². The molecule has 0 radical (unpaired) electrons. The number of benzene rings is 1. The summed E-state index contributed by atoms with van der Waals surface area (Å²) in [4.78, 5) is 2.51. The van der Waals surface area contributed by atoms with Crippen LogP contribution in [0, 0.1) is 0 Å². The lowest BCUT2D eigenvalue weighted by Gasteiger charge is -2.26. The molecule has 4 nitrogen and oxygen atoms in total. The predicted molar refractivity (Wildman–Crippen MR) is 80.8 cm³/mol. The van der Waals surface area contributed by atoms with Gasteiger partial charge in [-0.05, 0) is 45.0 Å². The molecule has 1 aromatic carbocycles. The molecule has 0 bridgehead atoms. The van der Waals surface area contributed by atoms with Gasteiger partial charge in [-0.25, -0.2) is 0 Å². The number of nitrogens with two attached hydrogens (primary N) is 1. The Morgan fingerprint density at radius 1 is 1.26 bits per heavy atom. The molecule has 2 rings (SSSR count). The number of nitrogen functional groups attached to an aromatic ring is 1. The first kappa shape index (κ1) is 14.0. The van der Waals surface area contributed by atoms with Gasteiger partial charge in [-0.3, -0.25) is 0 Å². The minimum atomic E-state index is 0.640. The summed E-state index contributed by atoms with van der Waals surface area (Å²) in [5.74, 6) is 0.769. The number of hydrogen-bond acceptors (Lipinski definition) is 4. The third-order valence-electron chi connectivity index (χ3n) is 3.56. The van der Waals surface area contributed by atoms with Crippen LogP contribution in [0.15, 0.2) is 18.2 Å². The highest BCUT2D eigenvalue weighted by molar-refractivity contribution is 5.72. The number of anilines is 2. The van der Waals surface area contributed by atoms with Gasteiger partial charge in [0.15, 0.2) is 0 Å². The van der Waals surface area contributed by atoms with Crippen molar-refractivity contribution in [2.24, 2.45) is 0 Å². The number of nitrogens with one attached hydrogen (secondary N) is 1. The third kappa shape index (κ3) is 4.03. The summed E-state index contributed by atoms with van der Waals surface area (Å²) in [6.45, 7) is 7.09. The average Bonchev–Trinajstić information content (AvgIpc) is 2.44. The van der Waals surface area contributed by atoms with Crippen molar-refractivity contribution in [2.45, 2.75) is 26.2 Å². The van der Waals surface area contributed by atoms with E-state index in [1.165, 1.54) is 32.4 Å². The fraction of sp³-hybridized carbons (Fsp3) is 0.600. The zero-order valence-corrected chi connectivity index (χ0v) is 11.8. The maximum atomic E-state index is 6.09. The van der Waals surface area contributed by atoms with Crippen LogP contribution in [0.1, 0.15) is 26.2 Å². The molecule has 0 atom stereocenters. The van der Waals surface area contributed by atoms with Gasteiger partial charge in [0.2, 0.25) is 0 Å². The molecule has 0 aliphatic carbocycles. The molecule has 1 saturated heterocycles. The summed E-state index contributed by atoms with van der Waals surface area (Å²) in [5, 5.41) is 3.41. The van der Waals surface area contributed by atoms with Crippen LogP contribution in [-0.4, -0.2) is 37.7 Å². The topological polar surface area (TPSA) is 50.5 Å². The van der Waals surface area contributed by atoms with Crippen molar-refractivity contribution in [1.29, 1.82) is 0 Å². The molecule has 1 aromatic rings. The van der Waals surface area contributed by atoms with E-state index in [0.29, 0.717) is 12.3 Å². The van der Waals surface area contributed by atoms with Gasteiger partial charge < -0.3 is 20.7 Å². The standard InChI is InChI=1S/C15H25N3O/c1-2-19-14-8-6-7-13(15(14)16)17-9-12-18-10-4-3-5-11-18/h6-8,17H,2-5,9-12,16H2,1H3. The molecule has 0 spiro atoms. The van der Waals surface area contributed by atoms with Crippen LogP contribution in [0.3, 0.4) is 0 Å². The van der Waals surface area contributed by atoms with E-state index in [1.807, 2.05) is 25.1 Å². The molecule has 1 fully saturated rings. The lowest BCUT2D eigenvalue weighted by atomic mass is 10.1. The first-order chi connectivity index (χ1) is 9.31. The molecule has 0 amide bonds. The van der Waals surface area contributed by atoms with Gasteiger partial charge in [-0.15, -0.1) is 0 Å². The van der Waals surface area contributed by atoms with Crippen molar-refractivity contribution >= 4 is 11.4 Å². The fourth-order valence-corrected chi connectivity index (χ4v) is 2.51. The van der Waals surface area contributed by atoms with E-state index in [-0.39, 0.29) is 0 Å². The lowest BCUT2D eigenvalue weighted by molar-refractivity contribution is 0.237. The summed E-state index contributed by atoms with van der Waals surface area (Å²) in [5.41, 5.74) is 7.77. The van der Waals surface area contributed by atoms with Gasteiger partial charge in [0.05, 0.1) is 18.0 Å².